The number of thioether (sulfide) groups is 1. The fourth-order valence-electron chi connectivity index (χ4n) is 4.53. The zero-order valence-electron chi connectivity index (χ0n) is 18.8. The minimum absolute atomic E-state index is 0.0621. The molecule has 1 fully saturated rings. The number of carboxylic acid groups (broad SMARTS) is 1. The summed E-state index contributed by atoms with van der Waals surface area (Å²) in [5.74, 6) is 1.80. The van der Waals surface area contributed by atoms with Crippen LogP contribution in [-0.4, -0.2) is 60.5 Å². The van der Waals surface area contributed by atoms with E-state index in [1.807, 2.05) is 11.8 Å². The number of hydrogen-bond acceptors (Lipinski definition) is 7. The lowest BCUT2D eigenvalue weighted by Gasteiger charge is -2.36. The van der Waals surface area contributed by atoms with E-state index in [9.17, 15) is 4.79 Å². The highest BCUT2D eigenvalue weighted by Gasteiger charge is 2.25. The van der Waals surface area contributed by atoms with E-state index in [0.717, 1.165) is 38.5 Å². The average molecular weight is 478 g/mol. The van der Waals surface area contributed by atoms with Crippen LogP contribution in [0, 0.1) is 0 Å². The van der Waals surface area contributed by atoms with Gasteiger partial charge in [0.1, 0.15) is 6.10 Å². The first-order valence-corrected chi connectivity index (χ1v) is 12.4. The van der Waals surface area contributed by atoms with Crippen LogP contribution in [0.4, 0.5) is 10.6 Å². The summed E-state index contributed by atoms with van der Waals surface area (Å²) in [6.45, 7) is 4.66. The van der Waals surface area contributed by atoms with Gasteiger partial charge in [-0.1, -0.05) is 42.5 Å². The van der Waals surface area contributed by atoms with Crippen molar-refractivity contribution in [1.82, 2.24) is 9.88 Å². The molecule has 1 unspecified atom stereocenters. The van der Waals surface area contributed by atoms with Crippen molar-refractivity contribution in [3.8, 4) is 5.75 Å². The second kappa shape index (κ2) is 10.5. The zero-order valence-corrected chi connectivity index (χ0v) is 19.6. The summed E-state index contributed by atoms with van der Waals surface area (Å²) in [6.07, 6.45) is 0.267. The number of ether oxygens (including phenoxy) is 2. The molecule has 2 aromatic carbocycles. The molecule has 34 heavy (non-hydrogen) atoms. The highest BCUT2D eigenvalue weighted by Crippen LogP contribution is 2.41. The summed E-state index contributed by atoms with van der Waals surface area (Å²) in [5.41, 5.74) is 3.83. The molecule has 7 nitrogen and oxygen atoms in total. The van der Waals surface area contributed by atoms with Gasteiger partial charge < -0.3 is 19.5 Å². The fourth-order valence-corrected chi connectivity index (χ4v) is 5.62. The number of nitrogens with zero attached hydrogens (tertiary/aromatic N) is 3. The molecule has 176 valence electrons. The van der Waals surface area contributed by atoms with Crippen molar-refractivity contribution in [3.63, 3.8) is 0 Å². The maximum atomic E-state index is 11.0. The summed E-state index contributed by atoms with van der Waals surface area (Å²) < 4.78 is 11.4. The first-order valence-electron chi connectivity index (χ1n) is 11.4. The smallest absolute Gasteiger partial charge is 0.449 e. The molecule has 0 radical (unpaired) electrons. The maximum Gasteiger partial charge on any atom is 0.511 e. The molecule has 3 heterocycles. The summed E-state index contributed by atoms with van der Waals surface area (Å²) >= 11 is 1.87. The summed E-state index contributed by atoms with van der Waals surface area (Å²) in [5, 5.41) is 8.98. The monoisotopic (exact) mass is 477 g/mol. The van der Waals surface area contributed by atoms with Gasteiger partial charge in [0.15, 0.2) is 11.6 Å². The fraction of sp³-hybridized carbons (Fsp3) is 0.308. The van der Waals surface area contributed by atoms with Gasteiger partial charge in [-0.2, -0.15) is 0 Å². The number of fused-ring (bicyclic) bond motifs is 2. The number of carbonyl (C=O) groups is 1. The van der Waals surface area contributed by atoms with Gasteiger partial charge in [-0.15, -0.1) is 11.8 Å². The normalized spacial score (nSPS) is 18.0. The Bertz CT molecular complexity index is 1100. The summed E-state index contributed by atoms with van der Waals surface area (Å²) in [7, 11) is 0. The second-order valence-electron chi connectivity index (χ2n) is 8.30. The Hall–Kier alpha value is -3.07. The van der Waals surface area contributed by atoms with Gasteiger partial charge >= 0.3 is 6.16 Å². The van der Waals surface area contributed by atoms with Gasteiger partial charge in [-0.25, -0.2) is 9.78 Å². The van der Waals surface area contributed by atoms with E-state index in [4.69, 9.17) is 14.6 Å². The largest absolute Gasteiger partial charge is 0.511 e. The third-order valence-corrected chi connectivity index (χ3v) is 7.37. The molecule has 2 aliphatic rings. The van der Waals surface area contributed by atoms with Gasteiger partial charge in [-0.05, 0) is 34.9 Å². The van der Waals surface area contributed by atoms with Crippen LogP contribution in [0.3, 0.4) is 0 Å². The lowest BCUT2D eigenvalue weighted by molar-refractivity contribution is 0.0571. The minimum Gasteiger partial charge on any atom is -0.449 e. The number of piperazine rings is 1. The molecular weight excluding hydrogens is 450 g/mol. The average Bonchev–Trinajstić information content (AvgIpc) is 3.02. The molecule has 2 aliphatic heterocycles. The Labute approximate surface area is 203 Å². The Morgan fingerprint density at radius 1 is 1.00 bits per heavy atom. The Balaban J connectivity index is 1.20. The second-order valence-corrected chi connectivity index (χ2v) is 9.32. The molecule has 1 saturated heterocycles. The van der Waals surface area contributed by atoms with Gasteiger partial charge in [0.25, 0.3) is 0 Å². The van der Waals surface area contributed by atoms with Crippen LogP contribution in [0.25, 0.3) is 0 Å². The van der Waals surface area contributed by atoms with E-state index < -0.39 is 6.16 Å². The molecule has 0 aliphatic carbocycles. The van der Waals surface area contributed by atoms with Crippen LogP contribution in [0.5, 0.6) is 5.75 Å². The van der Waals surface area contributed by atoms with Crippen molar-refractivity contribution >= 4 is 23.7 Å². The Morgan fingerprint density at radius 2 is 1.76 bits per heavy atom. The lowest BCUT2D eigenvalue weighted by Crippen LogP contribution is -2.47. The van der Waals surface area contributed by atoms with Crippen LogP contribution < -0.4 is 9.64 Å². The molecular formula is C26H27N3O4S. The van der Waals surface area contributed by atoms with Crippen LogP contribution in [0.1, 0.15) is 22.8 Å². The van der Waals surface area contributed by atoms with E-state index >= 15 is 0 Å². The topological polar surface area (TPSA) is 75.1 Å². The van der Waals surface area contributed by atoms with Crippen LogP contribution in [0.15, 0.2) is 71.8 Å². The van der Waals surface area contributed by atoms with Crippen LogP contribution in [0.2, 0.25) is 0 Å². The van der Waals surface area contributed by atoms with E-state index in [1.165, 1.54) is 21.6 Å². The van der Waals surface area contributed by atoms with Crippen molar-refractivity contribution in [3.05, 3.63) is 83.6 Å². The number of benzene rings is 2. The summed E-state index contributed by atoms with van der Waals surface area (Å²) in [6, 6.07) is 20.4. The standard InChI is InChI=1S/C26H27N3O4S/c30-26(31)33-22-9-5-11-27-25(22)29-14-12-28(13-15-29)16-17-32-24-20-7-2-1-6-19(20)18-34-23-10-4-3-8-21(23)24/h1-11,24H,12-18H2,(H,30,31). The molecule has 1 aromatic heterocycles. The van der Waals surface area contributed by atoms with E-state index in [2.05, 4.69) is 63.3 Å². The van der Waals surface area contributed by atoms with E-state index in [-0.39, 0.29) is 11.9 Å². The Kier molecular flexibility index (Phi) is 6.99. The number of rotatable bonds is 6. The zero-order chi connectivity index (χ0) is 23.3. The van der Waals surface area contributed by atoms with Crippen molar-refractivity contribution in [1.29, 1.82) is 0 Å². The lowest BCUT2D eigenvalue weighted by atomic mass is 9.97. The molecule has 0 spiro atoms. The maximum absolute atomic E-state index is 11.0. The van der Waals surface area contributed by atoms with Crippen molar-refractivity contribution in [2.24, 2.45) is 0 Å². The van der Waals surface area contributed by atoms with Crippen molar-refractivity contribution in [2.75, 3.05) is 44.2 Å². The highest BCUT2D eigenvalue weighted by molar-refractivity contribution is 7.98. The first-order chi connectivity index (χ1) is 16.7. The van der Waals surface area contributed by atoms with Gasteiger partial charge in [0.05, 0.1) is 6.61 Å². The SMILES string of the molecule is O=C(O)Oc1cccnc1N1CCN(CCOC2c3ccccc3CSc3ccccc32)CC1. The first kappa shape index (κ1) is 22.7. The molecule has 1 N–H and O–H groups in total. The van der Waals surface area contributed by atoms with Gasteiger partial charge in [0, 0.05) is 49.6 Å². The van der Waals surface area contributed by atoms with Crippen LogP contribution >= 0.6 is 11.8 Å². The highest BCUT2D eigenvalue weighted by atomic mass is 32.2. The van der Waals surface area contributed by atoms with E-state index in [0.29, 0.717) is 12.4 Å². The quantitative estimate of drug-likeness (QED) is 0.514. The molecule has 3 aromatic rings. The van der Waals surface area contributed by atoms with Gasteiger partial charge in [-0.3, -0.25) is 4.90 Å². The number of pyridine rings is 1. The molecule has 1 atom stereocenters. The minimum atomic E-state index is -1.33. The molecule has 0 saturated carbocycles. The van der Waals surface area contributed by atoms with Crippen molar-refractivity contribution in [2.45, 2.75) is 16.8 Å². The number of anilines is 1. The van der Waals surface area contributed by atoms with Crippen LogP contribution in [-0.2, 0) is 10.5 Å². The number of hydrogen-bond donors (Lipinski definition) is 1. The molecule has 0 amide bonds. The third-order valence-electron chi connectivity index (χ3n) is 6.23. The van der Waals surface area contributed by atoms with E-state index in [1.54, 1.807) is 18.3 Å². The van der Waals surface area contributed by atoms with Gasteiger partial charge in [0.2, 0.25) is 0 Å². The molecule has 5 rings (SSSR count). The third kappa shape index (κ3) is 5.04. The molecule has 8 heteroatoms. The predicted molar refractivity (Wildman–Crippen MR) is 132 cm³/mol. The Morgan fingerprint density at radius 3 is 2.59 bits per heavy atom. The number of aromatic nitrogens is 1. The molecule has 0 bridgehead atoms. The van der Waals surface area contributed by atoms with Crippen molar-refractivity contribution < 1.29 is 19.4 Å². The predicted octanol–water partition coefficient (Wildman–Crippen LogP) is 4.67. The summed E-state index contributed by atoms with van der Waals surface area (Å²) in [4.78, 5) is 21.1.